The highest BCUT2D eigenvalue weighted by atomic mass is 32.2. The fourth-order valence-corrected chi connectivity index (χ4v) is 2.44. The number of nitrogens with one attached hydrogen (secondary N) is 3. The molecular formula is C15H27N5O7S. The van der Waals surface area contributed by atoms with E-state index in [4.69, 9.17) is 16.6 Å². The lowest BCUT2D eigenvalue weighted by Crippen LogP contribution is -2.57. The van der Waals surface area contributed by atoms with E-state index in [9.17, 15) is 29.1 Å². The van der Waals surface area contributed by atoms with E-state index >= 15 is 0 Å². The van der Waals surface area contributed by atoms with Crippen LogP contribution in [0.5, 0.6) is 0 Å². The second-order valence-electron chi connectivity index (χ2n) is 5.81. The molecule has 12 nitrogen and oxygen atoms in total. The maximum absolute atomic E-state index is 12.4. The van der Waals surface area contributed by atoms with E-state index in [1.54, 1.807) is 6.26 Å². The minimum absolute atomic E-state index is 0.00882. The molecule has 0 rings (SSSR count). The number of carboxylic acids is 1. The van der Waals surface area contributed by atoms with E-state index in [-0.39, 0.29) is 19.3 Å². The van der Waals surface area contributed by atoms with Gasteiger partial charge in [0.15, 0.2) is 0 Å². The van der Waals surface area contributed by atoms with Gasteiger partial charge < -0.3 is 37.6 Å². The molecular weight excluding hydrogens is 394 g/mol. The molecule has 0 saturated carbocycles. The van der Waals surface area contributed by atoms with E-state index in [0.717, 1.165) is 0 Å². The summed E-state index contributed by atoms with van der Waals surface area (Å²) in [5.74, 6) is -3.69. The maximum atomic E-state index is 12.4. The second kappa shape index (κ2) is 13.7. The Hall–Kier alpha value is -2.38. The molecule has 0 saturated heterocycles. The first-order valence-electron chi connectivity index (χ1n) is 8.36. The van der Waals surface area contributed by atoms with Crippen molar-refractivity contribution >= 4 is 41.4 Å². The summed E-state index contributed by atoms with van der Waals surface area (Å²) in [5.41, 5.74) is 10.7. The van der Waals surface area contributed by atoms with Crippen molar-refractivity contribution in [2.45, 2.75) is 37.4 Å². The van der Waals surface area contributed by atoms with Crippen LogP contribution in [0.3, 0.4) is 0 Å². The van der Waals surface area contributed by atoms with Crippen LogP contribution in [0.2, 0.25) is 0 Å². The minimum Gasteiger partial charge on any atom is -0.480 e. The number of primary amides is 1. The van der Waals surface area contributed by atoms with Gasteiger partial charge in [-0.3, -0.25) is 24.0 Å². The van der Waals surface area contributed by atoms with Crippen molar-refractivity contribution in [3.63, 3.8) is 0 Å². The lowest BCUT2D eigenvalue weighted by atomic mass is 10.1. The molecule has 13 heteroatoms. The third-order valence-corrected chi connectivity index (χ3v) is 4.16. The van der Waals surface area contributed by atoms with Crippen LogP contribution >= 0.6 is 11.8 Å². The first-order chi connectivity index (χ1) is 13.1. The smallest absolute Gasteiger partial charge is 0.322 e. The molecule has 0 aliphatic rings. The number of aliphatic hydroxyl groups is 1. The van der Waals surface area contributed by atoms with Gasteiger partial charge in [0.2, 0.25) is 23.6 Å². The standard InChI is InChI=1S/C15H27N5O7S/c1-28-5-4-9(19-13(25)8(16)2-3-11(17)22)15(27)20-10(7-21)14(26)18-6-12(23)24/h8-10,21H,2-7,16H2,1H3,(H2,17,22)(H,18,26)(H,19,25)(H,20,27)(H,23,24). The summed E-state index contributed by atoms with van der Waals surface area (Å²) in [7, 11) is 0. The summed E-state index contributed by atoms with van der Waals surface area (Å²) < 4.78 is 0. The Morgan fingerprint density at radius 1 is 1.00 bits per heavy atom. The van der Waals surface area contributed by atoms with Crippen molar-refractivity contribution < 1.29 is 34.2 Å². The molecule has 0 aliphatic heterocycles. The molecule has 0 radical (unpaired) electrons. The Balaban J connectivity index is 4.93. The lowest BCUT2D eigenvalue weighted by molar-refractivity contribution is -0.139. The van der Waals surface area contributed by atoms with E-state index in [1.165, 1.54) is 11.8 Å². The Kier molecular flexibility index (Phi) is 12.6. The van der Waals surface area contributed by atoms with Crippen LogP contribution in [0.25, 0.3) is 0 Å². The van der Waals surface area contributed by atoms with Gasteiger partial charge >= 0.3 is 5.97 Å². The highest BCUT2D eigenvalue weighted by molar-refractivity contribution is 7.98. The van der Waals surface area contributed by atoms with E-state index in [0.29, 0.717) is 5.75 Å². The molecule has 0 spiro atoms. The molecule has 9 N–H and O–H groups in total. The summed E-state index contributed by atoms with van der Waals surface area (Å²) in [6.07, 6.45) is 1.93. The molecule has 3 unspecified atom stereocenters. The summed E-state index contributed by atoms with van der Waals surface area (Å²) in [6, 6.07) is -3.48. The monoisotopic (exact) mass is 421 g/mol. The van der Waals surface area contributed by atoms with Crippen LogP contribution in [0, 0.1) is 0 Å². The molecule has 28 heavy (non-hydrogen) atoms. The first kappa shape index (κ1) is 25.6. The number of hydrogen-bond acceptors (Lipinski definition) is 8. The van der Waals surface area contributed by atoms with Gasteiger partial charge in [0.05, 0.1) is 12.6 Å². The van der Waals surface area contributed by atoms with Crippen molar-refractivity contribution in [3.8, 4) is 0 Å². The molecule has 0 fully saturated rings. The summed E-state index contributed by atoms with van der Waals surface area (Å²) in [6.45, 7) is -1.44. The van der Waals surface area contributed by atoms with E-state index in [1.807, 2.05) is 5.32 Å². The van der Waals surface area contributed by atoms with Crippen molar-refractivity contribution in [1.29, 1.82) is 0 Å². The Morgan fingerprint density at radius 3 is 2.11 bits per heavy atom. The number of hydrogen-bond donors (Lipinski definition) is 7. The van der Waals surface area contributed by atoms with Gasteiger partial charge in [0.1, 0.15) is 18.6 Å². The number of amides is 4. The third-order valence-electron chi connectivity index (χ3n) is 3.51. The molecule has 0 bridgehead atoms. The third kappa shape index (κ3) is 10.7. The average molecular weight is 421 g/mol. The highest BCUT2D eigenvalue weighted by Gasteiger charge is 2.27. The maximum Gasteiger partial charge on any atom is 0.322 e. The number of aliphatic hydroxyl groups excluding tert-OH is 1. The Labute approximate surface area is 166 Å². The van der Waals surface area contributed by atoms with Crippen LogP contribution in [0.4, 0.5) is 0 Å². The highest BCUT2D eigenvalue weighted by Crippen LogP contribution is 2.03. The quantitative estimate of drug-likeness (QED) is 0.148. The zero-order valence-electron chi connectivity index (χ0n) is 15.5. The van der Waals surface area contributed by atoms with Gasteiger partial charge in [-0.25, -0.2) is 0 Å². The number of carboxylic acid groups (broad SMARTS) is 1. The number of aliphatic carboxylic acids is 1. The zero-order chi connectivity index (χ0) is 21.7. The lowest BCUT2D eigenvalue weighted by Gasteiger charge is -2.23. The number of rotatable bonds is 14. The molecule has 0 heterocycles. The topological polar surface area (TPSA) is 214 Å². The fourth-order valence-electron chi connectivity index (χ4n) is 1.96. The van der Waals surface area contributed by atoms with Crippen LogP contribution < -0.4 is 27.4 Å². The fraction of sp³-hybridized carbons (Fsp3) is 0.667. The minimum atomic E-state index is -1.39. The largest absolute Gasteiger partial charge is 0.480 e. The number of thioether (sulfide) groups is 1. The molecule has 0 aromatic rings. The first-order valence-corrected chi connectivity index (χ1v) is 9.75. The van der Waals surface area contributed by atoms with Crippen LogP contribution in [-0.4, -0.2) is 83.1 Å². The van der Waals surface area contributed by atoms with Crippen molar-refractivity contribution in [2.75, 3.05) is 25.2 Å². The Bertz CT molecular complexity index is 575. The van der Waals surface area contributed by atoms with E-state index < -0.39 is 60.9 Å². The van der Waals surface area contributed by atoms with Crippen molar-refractivity contribution in [2.24, 2.45) is 11.5 Å². The van der Waals surface area contributed by atoms with Gasteiger partial charge in [-0.05, 0) is 24.9 Å². The summed E-state index contributed by atoms with van der Waals surface area (Å²) in [4.78, 5) is 57.7. The predicted octanol–water partition coefficient (Wildman–Crippen LogP) is -3.50. The van der Waals surface area contributed by atoms with Crippen LogP contribution in [-0.2, 0) is 24.0 Å². The van der Waals surface area contributed by atoms with Gasteiger partial charge in [-0.15, -0.1) is 0 Å². The van der Waals surface area contributed by atoms with Gasteiger partial charge in [-0.1, -0.05) is 0 Å². The summed E-state index contributed by atoms with van der Waals surface area (Å²) >= 11 is 1.42. The van der Waals surface area contributed by atoms with E-state index in [2.05, 4.69) is 10.6 Å². The zero-order valence-corrected chi connectivity index (χ0v) is 16.3. The molecule has 3 atom stereocenters. The van der Waals surface area contributed by atoms with Crippen molar-refractivity contribution in [3.05, 3.63) is 0 Å². The van der Waals surface area contributed by atoms with Gasteiger partial charge in [0.25, 0.3) is 0 Å². The molecule has 0 aliphatic carbocycles. The average Bonchev–Trinajstić information content (AvgIpc) is 2.64. The molecule has 0 aromatic carbocycles. The second-order valence-corrected chi connectivity index (χ2v) is 6.80. The SMILES string of the molecule is CSCCC(NC(=O)C(N)CCC(N)=O)C(=O)NC(CO)C(=O)NCC(=O)O. The van der Waals surface area contributed by atoms with Crippen LogP contribution in [0.1, 0.15) is 19.3 Å². The summed E-state index contributed by atoms with van der Waals surface area (Å²) in [5, 5.41) is 24.6. The van der Waals surface area contributed by atoms with Crippen LogP contribution in [0.15, 0.2) is 0 Å². The normalized spacial score (nSPS) is 13.7. The van der Waals surface area contributed by atoms with Crippen molar-refractivity contribution in [1.82, 2.24) is 16.0 Å². The molecule has 160 valence electrons. The molecule has 0 aromatic heterocycles. The molecule has 4 amide bonds. The number of carbonyl (C=O) groups is 5. The number of carbonyl (C=O) groups excluding carboxylic acids is 4. The number of nitrogens with two attached hydrogens (primary N) is 2. The Morgan fingerprint density at radius 2 is 1.61 bits per heavy atom. The predicted molar refractivity (Wildman–Crippen MR) is 101 cm³/mol. The van der Waals surface area contributed by atoms with Gasteiger partial charge in [0, 0.05) is 6.42 Å². The van der Waals surface area contributed by atoms with Gasteiger partial charge in [-0.2, -0.15) is 11.8 Å².